The van der Waals surface area contributed by atoms with Gasteiger partial charge in [-0.1, -0.05) is 13.8 Å². The van der Waals surface area contributed by atoms with Gasteiger partial charge in [-0.2, -0.15) is 0 Å². The summed E-state index contributed by atoms with van der Waals surface area (Å²) in [6.45, 7) is 13.7. The Morgan fingerprint density at radius 2 is 1.93 bits per heavy atom. The third-order valence-corrected chi connectivity index (χ3v) is 2.27. The van der Waals surface area contributed by atoms with E-state index in [2.05, 4.69) is 24.1 Å². The summed E-state index contributed by atoms with van der Waals surface area (Å²) in [5.74, 6) is 0. The molecule has 0 aliphatic carbocycles. The summed E-state index contributed by atoms with van der Waals surface area (Å²) in [4.78, 5) is 2.46. The van der Waals surface area contributed by atoms with Gasteiger partial charge in [0, 0.05) is 32.8 Å². The molecule has 0 rings (SSSR count). The van der Waals surface area contributed by atoms with Crippen LogP contribution in [0.25, 0.3) is 0 Å². The molecule has 0 amide bonds. The monoisotopic (exact) mass is 202 g/mol. The molecule has 0 unspecified atom stereocenters. The van der Waals surface area contributed by atoms with Crippen molar-refractivity contribution in [2.24, 2.45) is 0 Å². The molecule has 0 fully saturated rings. The average Bonchev–Trinajstić information content (AvgIpc) is 2.22. The van der Waals surface area contributed by atoms with Crippen LogP contribution in [0.3, 0.4) is 0 Å². The van der Waals surface area contributed by atoms with Crippen molar-refractivity contribution in [1.82, 2.24) is 10.2 Å². The molecule has 0 spiro atoms. The summed E-state index contributed by atoms with van der Waals surface area (Å²) in [5.41, 5.74) is 0. The molecule has 0 aliphatic rings. The minimum Gasteiger partial charge on any atom is -0.382 e. The molecule has 0 saturated carbocycles. The van der Waals surface area contributed by atoms with Crippen molar-refractivity contribution in [2.75, 3.05) is 45.9 Å². The molecule has 3 heteroatoms. The molecule has 0 aromatic rings. The highest BCUT2D eigenvalue weighted by Gasteiger charge is 2.00. The third-order valence-electron chi connectivity index (χ3n) is 2.27. The summed E-state index contributed by atoms with van der Waals surface area (Å²) >= 11 is 0. The van der Waals surface area contributed by atoms with Crippen LogP contribution in [0.15, 0.2) is 0 Å². The molecule has 86 valence electrons. The Morgan fingerprint density at radius 1 is 1.14 bits per heavy atom. The average molecular weight is 202 g/mol. The van der Waals surface area contributed by atoms with Gasteiger partial charge in [0.05, 0.1) is 0 Å². The van der Waals surface area contributed by atoms with Gasteiger partial charge in [-0.3, -0.25) is 0 Å². The molecular formula is C11H26N2O. The summed E-state index contributed by atoms with van der Waals surface area (Å²) in [5, 5.41) is 3.34. The van der Waals surface area contributed by atoms with Gasteiger partial charge in [-0.15, -0.1) is 0 Å². The number of hydrogen-bond acceptors (Lipinski definition) is 3. The SMILES string of the molecule is CCNCCN(CC)CCCOCC. The molecule has 0 aliphatic heterocycles. The van der Waals surface area contributed by atoms with E-state index in [9.17, 15) is 0 Å². The van der Waals surface area contributed by atoms with Crippen molar-refractivity contribution in [1.29, 1.82) is 0 Å². The van der Waals surface area contributed by atoms with E-state index in [4.69, 9.17) is 4.74 Å². The second-order valence-corrected chi connectivity index (χ2v) is 3.34. The molecule has 0 atom stereocenters. The molecule has 0 aromatic carbocycles. The van der Waals surface area contributed by atoms with Crippen LogP contribution in [0, 0.1) is 0 Å². The number of nitrogens with one attached hydrogen (secondary N) is 1. The van der Waals surface area contributed by atoms with Gasteiger partial charge in [0.2, 0.25) is 0 Å². The summed E-state index contributed by atoms with van der Waals surface area (Å²) in [7, 11) is 0. The fraction of sp³-hybridized carbons (Fsp3) is 1.00. The van der Waals surface area contributed by atoms with E-state index in [1.54, 1.807) is 0 Å². The molecule has 0 radical (unpaired) electrons. The normalized spacial score (nSPS) is 11.1. The fourth-order valence-corrected chi connectivity index (χ4v) is 1.38. The van der Waals surface area contributed by atoms with Gasteiger partial charge in [0.1, 0.15) is 0 Å². The highest BCUT2D eigenvalue weighted by atomic mass is 16.5. The van der Waals surface area contributed by atoms with Gasteiger partial charge in [0.15, 0.2) is 0 Å². The second kappa shape index (κ2) is 11.0. The zero-order chi connectivity index (χ0) is 10.6. The van der Waals surface area contributed by atoms with E-state index in [0.717, 1.165) is 52.4 Å². The minimum absolute atomic E-state index is 0.837. The zero-order valence-electron chi connectivity index (χ0n) is 10.0. The van der Waals surface area contributed by atoms with Crippen LogP contribution in [0.2, 0.25) is 0 Å². The van der Waals surface area contributed by atoms with Crippen LogP contribution < -0.4 is 5.32 Å². The highest BCUT2D eigenvalue weighted by molar-refractivity contribution is 4.57. The van der Waals surface area contributed by atoms with Crippen LogP contribution in [0.1, 0.15) is 27.2 Å². The van der Waals surface area contributed by atoms with Crippen molar-refractivity contribution in [3.05, 3.63) is 0 Å². The van der Waals surface area contributed by atoms with Crippen molar-refractivity contribution in [2.45, 2.75) is 27.2 Å². The Kier molecular flexibility index (Phi) is 10.9. The Hall–Kier alpha value is -0.120. The Labute approximate surface area is 88.8 Å². The number of likely N-dealkylation sites (N-methyl/N-ethyl adjacent to an activating group) is 2. The third kappa shape index (κ3) is 8.48. The van der Waals surface area contributed by atoms with E-state index in [-0.39, 0.29) is 0 Å². The van der Waals surface area contributed by atoms with Crippen LogP contribution in [-0.4, -0.2) is 50.8 Å². The summed E-state index contributed by atoms with van der Waals surface area (Å²) in [6.07, 6.45) is 1.15. The molecule has 0 heterocycles. The predicted octanol–water partition coefficient (Wildman–Crippen LogP) is 1.34. The van der Waals surface area contributed by atoms with Gasteiger partial charge in [-0.05, 0) is 26.4 Å². The lowest BCUT2D eigenvalue weighted by Crippen LogP contribution is -2.33. The first kappa shape index (κ1) is 13.9. The van der Waals surface area contributed by atoms with Crippen LogP contribution in [-0.2, 0) is 4.74 Å². The van der Waals surface area contributed by atoms with E-state index in [1.165, 1.54) is 0 Å². The topological polar surface area (TPSA) is 24.5 Å². The molecular weight excluding hydrogens is 176 g/mol. The first-order chi connectivity index (χ1) is 6.85. The van der Waals surface area contributed by atoms with Crippen molar-refractivity contribution >= 4 is 0 Å². The summed E-state index contributed by atoms with van der Waals surface area (Å²) in [6, 6.07) is 0. The van der Waals surface area contributed by atoms with Crippen LogP contribution >= 0.6 is 0 Å². The number of ether oxygens (including phenoxy) is 1. The summed E-state index contributed by atoms with van der Waals surface area (Å²) < 4.78 is 5.31. The predicted molar refractivity (Wildman–Crippen MR) is 61.8 cm³/mol. The molecule has 3 nitrogen and oxygen atoms in total. The second-order valence-electron chi connectivity index (χ2n) is 3.34. The molecule has 0 saturated heterocycles. The van der Waals surface area contributed by atoms with Crippen LogP contribution in [0.4, 0.5) is 0 Å². The highest BCUT2D eigenvalue weighted by Crippen LogP contribution is 1.91. The van der Waals surface area contributed by atoms with Gasteiger partial charge in [0.25, 0.3) is 0 Å². The van der Waals surface area contributed by atoms with E-state index >= 15 is 0 Å². The number of nitrogens with zero attached hydrogens (tertiary/aromatic N) is 1. The first-order valence-corrected chi connectivity index (χ1v) is 5.85. The quantitative estimate of drug-likeness (QED) is 0.541. The number of hydrogen-bond donors (Lipinski definition) is 1. The van der Waals surface area contributed by atoms with Gasteiger partial charge < -0.3 is 15.0 Å². The molecule has 1 N–H and O–H groups in total. The lowest BCUT2D eigenvalue weighted by atomic mass is 10.4. The van der Waals surface area contributed by atoms with Crippen LogP contribution in [0.5, 0.6) is 0 Å². The lowest BCUT2D eigenvalue weighted by molar-refractivity contribution is 0.133. The van der Waals surface area contributed by atoms with Gasteiger partial charge in [-0.25, -0.2) is 0 Å². The maximum absolute atomic E-state index is 5.31. The Balaban J connectivity index is 3.28. The smallest absolute Gasteiger partial charge is 0.0478 e. The Bertz CT molecular complexity index is 109. The van der Waals surface area contributed by atoms with Crippen molar-refractivity contribution < 1.29 is 4.74 Å². The molecule has 0 bridgehead atoms. The van der Waals surface area contributed by atoms with E-state index in [0.29, 0.717) is 0 Å². The maximum Gasteiger partial charge on any atom is 0.0478 e. The lowest BCUT2D eigenvalue weighted by Gasteiger charge is -2.20. The molecule has 14 heavy (non-hydrogen) atoms. The standard InChI is InChI=1S/C11H26N2O/c1-4-12-8-10-13(5-2)9-7-11-14-6-3/h12H,4-11H2,1-3H3. The van der Waals surface area contributed by atoms with Crippen molar-refractivity contribution in [3.63, 3.8) is 0 Å². The molecule has 0 aromatic heterocycles. The largest absolute Gasteiger partial charge is 0.382 e. The first-order valence-electron chi connectivity index (χ1n) is 5.85. The minimum atomic E-state index is 0.837. The zero-order valence-corrected chi connectivity index (χ0v) is 10.0. The van der Waals surface area contributed by atoms with Crippen molar-refractivity contribution in [3.8, 4) is 0 Å². The van der Waals surface area contributed by atoms with E-state index < -0.39 is 0 Å². The van der Waals surface area contributed by atoms with E-state index in [1.807, 2.05) is 6.92 Å². The van der Waals surface area contributed by atoms with Gasteiger partial charge >= 0.3 is 0 Å². The Morgan fingerprint density at radius 3 is 2.50 bits per heavy atom. The maximum atomic E-state index is 5.31. The number of rotatable bonds is 10. The fourth-order valence-electron chi connectivity index (χ4n) is 1.38.